The van der Waals surface area contributed by atoms with Crippen molar-refractivity contribution in [2.75, 3.05) is 19.3 Å². The van der Waals surface area contributed by atoms with Gasteiger partial charge in [0.05, 0.1) is 17.1 Å². The molecule has 3 rings (SSSR count). The van der Waals surface area contributed by atoms with Crippen molar-refractivity contribution in [3.63, 3.8) is 0 Å². The summed E-state index contributed by atoms with van der Waals surface area (Å²) in [5, 5.41) is 3.01. The van der Waals surface area contributed by atoms with Crippen molar-refractivity contribution >= 4 is 23.3 Å². The predicted molar refractivity (Wildman–Crippen MR) is 89.1 cm³/mol. The van der Waals surface area contributed by atoms with E-state index in [1.165, 1.54) is 24.5 Å². The Morgan fingerprint density at radius 2 is 2.17 bits per heavy atom. The van der Waals surface area contributed by atoms with Crippen LogP contribution in [-0.2, 0) is 0 Å². The van der Waals surface area contributed by atoms with E-state index in [1.807, 2.05) is 7.05 Å². The van der Waals surface area contributed by atoms with Gasteiger partial charge in [0.15, 0.2) is 11.5 Å². The van der Waals surface area contributed by atoms with E-state index in [0.717, 1.165) is 18.5 Å². The largest absolute Gasteiger partial charge is 0.382 e. The molecule has 0 saturated carbocycles. The standard InChI is InChI=1S/C16H17ClFN5O/c1-23-7-4-12(14(23)9-2-3-10(17)11(18)8-9)22-16(24)13-15(19)21-6-5-20-13/h2-3,5-6,8,12,14H,4,7H2,1H3,(H2,19,21)(H,22,24)/t12-,14-/m0/s1. The highest BCUT2D eigenvalue weighted by molar-refractivity contribution is 6.30. The number of carbonyl (C=O) groups excluding carboxylic acids is 1. The normalized spacial score (nSPS) is 21.0. The van der Waals surface area contributed by atoms with Crippen LogP contribution in [0.1, 0.15) is 28.5 Å². The highest BCUT2D eigenvalue weighted by Crippen LogP contribution is 2.32. The fraction of sp³-hybridized carbons (Fsp3) is 0.312. The topological polar surface area (TPSA) is 84.1 Å². The Bertz CT molecular complexity index is 772. The first kappa shape index (κ1) is 16.6. The summed E-state index contributed by atoms with van der Waals surface area (Å²) >= 11 is 5.75. The Morgan fingerprint density at radius 1 is 1.42 bits per heavy atom. The third kappa shape index (κ3) is 3.18. The molecule has 2 atom stereocenters. The third-order valence-corrected chi connectivity index (χ3v) is 4.50. The van der Waals surface area contributed by atoms with Crippen molar-refractivity contribution in [1.82, 2.24) is 20.2 Å². The van der Waals surface area contributed by atoms with Crippen LogP contribution in [0.15, 0.2) is 30.6 Å². The number of nitrogens with one attached hydrogen (secondary N) is 1. The maximum atomic E-state index is 13.8. The van der Waals surface area contributed by atoms with Crippen LogP contribution in [0, 0.1) is 5.82 Å². The smallest absolute Gasteiger partial charge is 0.274 e. The van der Waals surface area contributed by atoms with E-state index in [-0.39, 0.29) is 34.5 Å². The van der Waals surface area contributed by atoms with Crippen molar-refractivity contribution in [2.24, 2.45) is 0 Å². The lowest BCUT2D eigenvalue weighted by atomic mass is 10.00. The van der Waals surface area contributed by atoms with E-state index < -0.39 is 5.82 Å². The van der Waals surface area contributed by atoms with E-state index in [1.54, 1.807) is 6.07 Å². The SMILES string of the molecule is CN1CC[C@H](NC(=O)c2nccnc2N)[C@@H]1c1ccc(Cl)c(F)c1. The minimum atomic E-state index is -0.474. The summed E-state index contributed by atoms with van der Waals surface area (Å²) in [5.74, 6) is -0.784. The number of likely N-dealkylation sites (N-methyl/N-ethyl adjacent to an activating group) is 1. The molecule has 2 heterocycles. The maximum Gasteiger partial charge on any atom is 0.274 e. The van der Waals surface area contributed by atoms with Gasteiger partial charge in [-0.15, -0.1) is 0 Å². The van der Waals surface area contributed by atoms with Crippen LogP contribution in [0.3, 0.4) is 0 Å². The zero-order valence-electron chi connectivity index (χ0n) is 13.0. The lowest BCUT2D eigenvalue weighted by Gasteiger charge is -2.26. The number of nitrogens with two attached hydrogens (primary N) is 1. The fourth-order valence-corrected chi connectivity index (χ4v) is 3.16. The number of nitrogen functional groups attached to an aromatic ring is 1. The van der Waals surface area contributed by atoms with E-state index in [0.29, 0.717) is 0 Å². The fourth-order valence-electron chi connectivity index (χ4n) is 3.04. The number of halogens is 2. The molecule has 0 aliphatic carbocycles. The molecule has 1 amide bonds. The molecule has 1 saturated heterocycles. The number of aromatic nitrogens is 2. The molecule has 1 fully saturated rings. The third-order valence-electron chi connectivity index (χ3n) is 4.19. The number of hydrogen-bond donors (Lipinski definition) is 2. The summed E-state index contributed by atoms with van der Waals surface area (Å²) in [6, 6.07) is 4.36. The molecule has 0 bridgehead atoms. The van der Waals surface area contributed by atoms with Crippen LogP contribution in [0.4, 0.5) is 10.2 Å². The van der Waals surface area contributed by atoms with Crippen LogP contribution in [0.25, 0.3) is 0 Å². The van der Waals surface area contributed by atoms with Gasteiger partial charge in [-0.3, -0.25) is 9.69 Å². The molecule has 24 heavy (non-hydrogen) atoms. The number of likely N-dealkylation sites (tertiary alicyclic amines) is 1. The van der Waals surface area contributed by atoms with Crippen molar-refractivity contribution in [3.05, 3.63) is 52.7 Å². The van der Waals surface area contributed by atoms with Gasteiger partial charge in [0, 0.05) is 18.9 Å². The van der Waals surface area contributed by atoms with E-state index in [9.17, 15) is 9.18 Å². The Morgan fingerprint density at radius 3 is 2.88 bits per heavy atom. The van der Waals surface area contributed by atoms with Crippen LogP contribution < -0.4 is 11.1 Å². The van der Waals surface area contributed by atoms with Crippen molar-refractivity contribution in [2.45, 2.75) is 18.5 Å². The molecular formula is C16H17ClFN5O. The molecule has 1 aromatic heterocycles. The molecule has 1 aliphatic heterocycles. The van der Waals surface area contributed by atoms with Gasteiger partial charge in [-0.05, 0) is 31.2 Å². The summed E-state index contributed by atoms with van der Waals surface area (Å²) in [4.78, 5) is 22.3. The van der Waals surface area contributed by atoms with Crippen LogP contribution in [0.2, 0.25) is 5.02 Å². The second kappa shape index (κ2) is 6.70. The first-order valence-electron chi connectivity index (χ1n) is 7.50. The minimum Gasteiger partial charge on any atom is -0.382 e. The number of rotatable bonds is 3. The van der Waals surface area contributed by atoms with E-state index in [2.05, 4.69) is 20.2 Å². The molecule has 2 aromatic rings. The average molecular weight is 350 g/mol. The van der Waals surface area contributed by atoms with Gasteiger partial charge in [0.25, 0.3) is 5.91 Å². The monoisotopic (exact) mass is 349 g/mol. The molecule has 0 spiro atoms. The summed E-state index contributed by atoms with van der Waals surface area (Å²) in [6.45, 7) is 0.774. The van der Waals surface area contributed by atoms with Gasteiger partial charge < -0.3 is 11.1 Å². The molecule has 126 valence electrons. The molecule has 6 nitrogen and oxygen atoms in total. The summed E-state index contributed by atoms with van der Waals surface area (Å²) in [7, 11) is 1.93. The van der Waals surface area contributed by atoms with E-state index >= 15 is 0 Å². The summed E-state index contributed by atoms with van der Waals surface area (Å²) < 4.78 is 13.8. The number of nitrogens with zero attached hydrogens (tertiary/aromatic N) is 3. The van der Waals surface area contributed by atoms with Gasteiger partial charge in [-0.1, -0.05) is 17.7 Å². The van der Waals surface area contributed by atoms with Gasteiger partial charge in [-0.25, -0.2) is 14.4 Å². The first-order valence-corrected chi connectivity index (χ1v) is 7.87. The molecule has 8 heteroatoms. The molecule has 1 aromatic carbocycles. The summed E-state index contributed by atoms with van der Waals surface area (Å²) in [6.07, 6.45) is 3.57. The highest BCUT2D eigenvalue weighted by atomic mass is 35.5. The van der Waals surface area contributed by atoms with Gasteiger partial charge in [0.1, 0.15) is 5.82 Å². The number of benzene rings is 1. The highest BCUT2D eigenvalue weighted by Gasteiger charge is 2.35. The minimum absolute atomic E-state index is 0.0762. The van der Waals surface area contributed by atoms with Crippen molar-refractivity contribution in [1.29, 1.82) is 0 Å². The lowest BCUT2D eigenvalue weighted by molar-refractivity contribution is 0.0923. The zero-order chi connectivity index (χ0) is 17.3. The number of anilines is 1. The number of amides is 1. The zero-order valence-corrected chi connectivity index (χ0v) is 13.8. The van der Waals surface area contributed by atoms with Gasteiger partial charge in [-0.2, -0.15) is 0 Å². The van der Waals surface area contributed by atoms with Crippen molar-refractivity contribution < 1.29 is 9.18 Å². The molecule has 0 unspecified atom stereocenters. The Labute approximate surface area is 143 Å². The van der Waals surface area contributed by atoms with Crippen LogP contribution in [-0.4, -0.2) is 40.4 Å². The first-order chi connectivity index (χ1) is 11.5. The van der Waals surface area contributed by atoms with Crippen LogP contribution >= 0.6 is 11.6 Å². The Hall–Kier alpha value is -2.25. The van der Waals surface area contributed by atoms with Crippen molar-refractivity contribution in [3.8, 4) is 0 Å². The Balaban J connectivity index is 1.83. The van der Waals surface area contributed by atoms with Gasteiger partial charge in [0.2, 0.25) is 0 Å². The quantitative estimate of drug-likeness (QED) is 0.885. The molecule has 0 radical (unpaired) electrons. The van der Waals surface area contributed by atoms with E-state index in [4.69, 9.17) is 17.3 Å². The summed E-state index contributed by atoms with van der Waals surface area (Å²) in [5.41, 5.74) is 6.55. The lowest BCUT2D eigenvalue weighted by Crippen LogP contribution is -2.39. The number of hydrogen-bond acceptors (Lipinski definition) is 5. The maximum absolute atomic E-state index is 13.8. The van der Waals surface area contributed by atoms with Gasteiger partial charge >= 0.3 is 0 Å². The molecule has 3 N–H and O–H groups in total. The predicted octanol–water partition coefficient (Wildman–Crippen LogP) is 2.03. The average Bonchev–Trinajstić information content (AvgIpc) is 2.91. The second-order valence-electron chi connectivity index (χ2n) is 5.76. The van der Waals surface area contributed by atoms with Crippen LogP contribution in [0.5, 0.6) is 0 Å². The Kier molecular flexibility index (Phi) is 4.64. The second-order valence-corrected chi connectivity index (χ2v) is 6.17. The molecular weight excluding hydrogens is 333 g/mol. The number of carbonyl (C=O) groups is 1. The molecule has 1 aliphatic rings.